The van der Waals surface area contributed by atoms with E-state index < -0.39 is 0 Å². The fourth-order valence-corrected chi connectivity index (χ4v) is 0.638. The second kappa shape index (κ2) is 3.05. The van der Waals surface area contributed by atoms with E-state index >= 15 is 0 Å². The summed E-state index contributed by atoms with van der Waals surface area (Å²) < 4.78 is 0. The Morgan fingerprint density at radius 1 is 1.73 bits per heavy atom. The Labute approximate surface area is 62.8 Å². The van der Waals surface area contributed by atoms with Gasteiger partial charge >= 0.3 is 0 Å². The first kappa shape index (κ1) is 7.59. The van der Waals surface area contributed by atoms with Gasteiger partial charge in [0.05, 0.1) is 0 Å². The van der Waals surface area contributed by atoms with Gasteiger partial charge in [-0.25, -0.2) is 0 Å². The quantitative estimate of drug-likeness (QED) is 0.564. The van der Waals surface area contributed by atoms with Crippen molar-refractivity contribution < 1.29 is 4.79 Å². The van der Waals surface area contributed by atoms with E-state index in [9.17, 15) is 9.59 Å². The molecule has 0 aliphatic carbocycles. The van der Waals surface area contributed by atoms with Gasteiger partial charge in [-0.05, 0) is 0 Å². The Hall–Kier alpha value is -1.52. The molecular weight excluding hydrogens is 146 g/mol. The van der Waals surface area contributed by atoms with Gasteiger partial charge < -0.3 is 10.4 Å². The van der Waals surface area contributed by atoms with Crippen LogP contribution in [0.5, 0.6) is 0 Å². The van der Waals surface area contributed by atoms with Crippen molar-refractivity contribution in [2.45, 2.75) is 13.3 Å². The van der Waals surface area contributed by atoms with Gasteiger partial charge in [-0.3, -0.25) is 14.7 Å². The summed E-state index contributed by atoms with van der Waals surface area (Å²) in [4.78, 5) is 21.5. The van der Waals surface area contributed by atoms with Crippen LogP contribution in [0, 0.1) is 0 Å². The number of aromatic nitrogens is 2. The molecule has 0 unspecified atom stereocenters. The van der Waals surface area contributed by atoms with Gasteiger partial charge in [0.25, 0.3) is 5.56 Å². The van der Waals surface area contributed by atoms with Crippen molar-refractivity contribution >= 4 is 11.6 Å². The van der Waals surface area contributed by atoms with Crippen LogP contribution in [-0.4, -0.2) is 16.1 Å². The maximum atomic E-state index is 10.8. The lowest BCUT2D eigenvalue weighted by atomic mass is 10.4. The molecular formula is C6H9N3O2. The Kier molecular flexibility index (Phi) is 2.10. The normalized spacial score (nSPS) is 9.55. The molecule has 0 atom stereocenters. The molecule has 1 rings (SSSR count). The summed E-state index contributed by atoms with van der Waals surface area (Å²) in [5.74, 6) is -0.171. The number of carbonyl (C=O) groups excluding carboxylic acids is 1. The highest BCUT2D eigenvalue weighted by atomic mass is 16.2. The lowest BCUT2D eigenvalue weighted by Gasteiger charge is -1.95. The van der Waals surface area contributed by atoms with Crippen LogP contribution >= 0.6 is 0 Å². The number of amides is 1. The van der Waals surface area contributed by atoms with Gasteiger partial charge in [0.2, 0.25) is 5.91 Å². The van der Waals surface area contributed by atoms with Crippen molar-refractivity contribution in [3.63, 3.8) is 0 Å². The lowest BCUT2D eigenvalue weighted by Crippen LogP contribution is -2.15. The first-order chi connectivity index (χ1) is 5.24. The van der Waals surface area contributed by atoms with Crippen molar-refractivity contribution in [2.24, 2.45) is 0 Å². The highest BCUT2D eigenvalue weighted by Gasteiger charge is 2.02. The molecule has 1 aromatic rings. The van der Waals surface area contributed by atoms with Crippen LogP contribution < -0.4 is 10.9 Å². The maximum absolute atomic E-state index is 10.8. The van der Waals surface area contributed by atoms with E-state index in [1.54, 1.807) is 6.92 Å². The number of H-pyrrole nitrogens is 2. The van der Waals surface area contributed by atoms with Crippen LogP contribution in [0.15, 0.2) is 11.0 Å². The minimum absolute atomic E-state index is 0.171. The minimum Gasteiger partial charge on any atom is -0.320 e. The van der Waals surface area contributed by atoms with Crippen molar-refractivity contribution in [3.05, 3.63) is 16.6 Å². The van der Waals surface area contributed by atoms with E-state index in [0.29, 0.717) is 6.42 Å². The molecule has 0 aliphatic heterocycles. The highest BCUT2D eigenvalue weighted by Crippen LogP contribution is 1.94. The van der Waals surface area contributed by atoms with Gasteiger partial charge in [-0.1, -0.05) is 6.92 Å². The molecule has 1 amide bonds. The summed E-state index contributed by atoms with van der Waals surface area (Å²) in [5.41, 5.74) is -0.0522. The molecule has 5 nitrogen and oxygen atoms in total. The predicted molar refractivity (Wildman–Crippen MR) is 40.3 cm³/mol. The fraction of sp³-hybridized carbons (Fsp3) is 0.333. The van der Waals surface area contributed by atoms with E-state index in [0.717, 1.165) is 0 Å². The molecule has 3 N–H and O–H groups in total. The topological polar surface area (TPSA) is 77.8 Å². The average molecular weight is 155 g/mol. The van der Waals surface area contributed by atoms with Gasteiger partial charge in [-0.15, -0.1) is 0 Å². The van der Waals surface area contributed by atoms with Crippen LogP contribution in [0.3, 0.4) is 0 Å². The van der Waals surface area contributed by atoms with E-state index in [-0.39, 0.29) is 17.2 Å². The van der Waals surface area contributed by atoms with E-state index in [2.05, 4.69) is 15.5 Å². The number of anilines is 1. The summed E-state index contributed by atoms with van der Waals surface area (Å²) in [6.07, 6.45) is 1.78. The zero-order valence-corrected chi connectivity index (χ0v) is 6.10. The molecule has 1 heterocycles. The molecule has 1 aromatic heterocycles. The fourth-order valence-electron chi connectivity index (χ4n) is 0.638. The van der Waals surface area contributed by atoms with Crippen molar-refractivity contribution in [1.82, 2.24) is 10.2 Å². The van der Waals surface area contributed by atoms with E-state index in [4.69, 9.17) is 0 Å². The molecule has 0 radical (unpaired) electrons. The summed E-state index contributed by atoms with van der Waals surface area (Å²) in [6, 6.07) is 0. The third-order valence-electron chi connectivity index (χ3n) is 1.24. The van der Waals surface area contributed by atoms with Crippen molar-refractivity contribution in [1.29, 1.82) is 0 Å². The van der Waals surface area contributed by atoms with Crippen LogP contribution in [0.1, 0.15) is 13.3 Å². The summed E-state index contributed by atoms with van der Waals surface area (Å²) in [6.45, 7) is 1.72. The third kappa shape index (κ3) is 1.70. The molecule has 0 aliphatic rings. The number of aromatic amines is 2. The van der Waals surface area contributed by atoms with Gasteiger partial charge in [0.1, 0.15) is 5.69 Å². The van der Waals surface area contributed by atoms with Crippen molar-refractivity contribution in [3.8, 4) is 0 Å². The first-order valence-corrected chi connectivity index (χ1v) is 3.30. The minimum atomic E-state index is -0.313. The zero-order valence-electron chi connectivity index (χ0n) is 6.10. The van der Waals surface area contributed by atoms with Crippen LogP contribution in [0.4, 0.5) is 5.69 Å². The number of hydrogen-bond acceptors (Lipinski definition) is 2. The molecule has 0 saturated heterocycles. The average Bonchev–Trinajstić information content (AvgIpc) is 2.37. The Balaban J connectivity index is 2.72. The van der Waals surface area contributed by atoms with Crippen LogP contribution in [0.2, 0.25) is 0 Å². The summed E-state index contributed by atoms with van der Waals surface area (Å²) in [7, 11) is 0. The third-order valence-corrected chi connectivity index (χ3v) is 1.24. The summed E-state index contributed by atoms with van der Waals surface area (Å²) >= 11 is 0. The van der Waals surface area contributed by atoms with E-state index in [1.165, 1.54) is 6.20 Å². The first-order valence-electron chi connectivity index (χ1n) is 3.30. The highest BCUT2D eigenvalue weighted by molar-refractivity contribution is 5.89. The standard InChI is InChI=1S/C6H9N3O2/c1-2-5(10)8-4-3-7-9-6(4)11/h3H,2H2,1H3,(H,8,10)(H2,7,9,11). The molecule has 0 saturated carbocycles. The molecule has 5 heteroatoms. The number of hydrogen-bond donors (Lipinski definition) is 3. The molecule has 0 bridgehead atoms. The van der Waals surface area contributed by atoms with Crippen molar-refractivity contribution in [2.75, 3.05) is 5.32 Å². The Bertz CT molecular complexity index is 299. The zero-order chi connectivity index (χ0) is 8.27. The Morgan fingerprint density at radius 2 is 2.45 bits per heavy atom. The number of carbonyl (C=O) groups is 1. The van der Waals surface area contributed by atoms with Crippen LogP contribution in [-0.2, 0) is 4.79 Å². The van der Waals surface area contributed by atoms with E-state index in [1.807, 2.05) is 0 Å². The Morgan fingerprint density at radius 3 is 2.91 bits per heavy atom. The maximum Gasteiger partial charge on any atom is 0.287 e. The molecule has 0 aromatic carbocycles. The monoisotopic (exact) mass is 155 g/mol. The summed E-state index contributed by atoms with van der Waals surface area (Å²) in [5, 5.41) is 7.20. The molecule has 11 heavy (non-hydrogen) atoms. The van der Waals surface area contributed by atoms with Crippen LogP contribution in [0.25, 0.3) is 0 Å². The SMILES string of the molecule is CCC(=O)Nc1c[nH][nH]c1=O. The molecule has 60 valence electrons. The van der Waals surface area contributed by atoms with Gasteiger partial charge in [0, 0.05) is 12.6 Å². The number of nitrogens with one attached hydrogen (secondary N) is 3. The second-order valence-electron chi connectivity index (χ2n) is 2.06. The van der Waals surface area contributed by atoms with Gasteiger partial charge in [0.15, 0.2) is 0 Å². The number of rotatable bonds is 2. The largest absolute Gasteiger partial charge is 0.320 e. The lowest BCUT2D eigenvalue weighted by molar-refractivity contribution is -0.115. The second-order valence-corrected chi connectivity index (χ2v) is 2.06. The molecule has 0 spiro atoms. The molecule has 0 fully saturated rings. The predicted octanol–water partition coefficient (Wildman–Crippen LogP) is 0.0515. The smallest absolute Gasteiger partial charge is 0.287 e. The van der Waals surface area contributed by atoms with Gasteiger partial charge in [-0.2, -0.15) is 0 Å².